The van der Waals surface area contributed by atoms with Crippen molar-refractivity contribution in [2.75, 3.05) is 40.1 Å². The Morgan fingerprint density at radius 3 is 2.13 bits per heavy atom. The minimum absolute atomic E-state index is 0.296. The van der Waals surface area contributed by atoms with Crippen molar-refractivity contribution >= 4 is 5.91 Å². The molecule has 0 aliphatic rings. The molecule has 0 heterocycles. The van der Waals surface area contributed by atoms with E-state index in [0.29, 0.717) is 32.8 Å². The Bertz CT molecular complexity index is 152. The maximum Gasteiger partial charge on any atom is 0.219 e. The second-order valence-corrected chi connectivity index (χ2v) is 3.14. The standard InChI is InChI=1S/C10H21NO4/c1-13-8-9-15-6-3-2-5-14-7-4-10(11)12/h2-9H2,1H3,(H2,11,12). The van der Waals surface area contributed by atoms with Gasteiger partial charge in [0.1, 0.15) is 0 Å². The molecule has 0 aromatic heterocycles. The van der Waals surface area contributed by atoms with Crippen LogP contribution in [0.3, 0.4) is 0 Å². The maximum atomic E-state index is 10.3. The van der Waals surface area contributed by atoms with Crippen LogP contribution in [0.2, 0.25) is 0 Å². The zero-order valence-corrected chi connectivity index (χ0v) is 9.37. The van der Waals surface area contributed by atoms with Gasteiger partial charge in [0.25, 0.3) is 0 Å². The van der Waals surface area contributed by atoms with E-state index in [1.165, 1.54) is 0 Å². The third-order valence-electron chi connectivity index (χ3n) is 1.75. The molecule has 2 N–H and O–H groups in total. The molecule has 0 radical (unpaired) electrons. The lowest BCUT2D eigenvalue weighted by Crippen LogP contribution is -2.13. The molecule has 0 fully saturated rings. The van der Waals surface area contributed by atoms with E-state index in [0.717, 1.165) is 19.4 Å². The molecule has 0 unspecified atom stereocenters. The first-order valence-electron chi connectivity index (χ1n) is 5.20. The zero-order valence-electron chi connectivity index (χ0n) is 9.37. The Balaban J connectivity index is 2.89. The van der Waals surface area contributed by atoms with Crippen LogP contribution in [0.15, 0.2) is 0 Å². The SMILES string of the molecule is COCCOCCCCOCCC(N)=O. The molecule has 0 spiro atoms. The molecule has 0 aliphatic heterocycles. The van der Waals surface area contributed by atoms with Gasteiger partial charge in [-0.15, -0.1) is 0 Å². The average Bonchev–Trinajstić information content (AvgIpc) is 2.20. The number of unbranched alkanes of at least 4 members (excludes halogenated alkanes) is 1. The normalized spacial score (nSPS) is 10.5. The van der Waals surface area contributed by atoms with E-state index in [1.54, 1.807) is 7.11 Å². The lowest BCUT2D eigenvalue weighted by atomic mass is 10.3. The number of hydrogen-bond acceptors (Lipinski definition) is 4. The number of ether oxygens (including phenoxy) is 3. The quantitative estimate of drug-likeness (QED) is 0.508. The molecule has 0 saturated heterocycles. The fourth-order valence-corrected chi connectivity index (χ4v) is 0.927. The summed E-state index contributed by atoms with van der Waals surface area (Å²) in [6.07, 6.45) is 2.19. The van der Waals surface area contributed by atoms with Crippen LogP contribution in [0, 0.1) is 0 Å². The van der Waals surface area contributed by atoms with Crippen molar-refractivity contribution in [1.29, 1.82) is 0 Å². The van der Waals surface area contributed by atoms with E-state index in [-0.39, 0.29) is 5.91 Å². The van der Waals surface area contributed by atoms with E-state index in [1.807, 2.05) is 0 Å². The molecule has 5 heteroatoms. The van der Waals surface area contributed by atoms with Crippen molar-refractivity contribution in [3.63, 3.8) is 0 Å². The predicted molar refractivity (Wildman–Crippen MR) is 56.6 cm³/mol. The first-order valence-corrected chi connectivity index (χ1v) is 5.20. The minimum atomic E-state index is -0.321. The van der Waals surface area contributed by atoms with Crippen molar-refractivity contribution in [2.45, 2.75) is 19.3 Å². The summed E-state index contributed by atoms with van der Waals surface area (Å²) in [6.45, 7) is 3.07. The molecule has 90 valence electrons. The van der Waals surface area contributed by atoms with Crippen LogP contribution in [-0.2, 0) is 19.0 Å². The van der Waals surface area contributed by atoms with Crippen LogP contribution >= 0.6 is 0 Å². The summed E-state index contributed by atoms with van der Waals surface area (Å²) in [5.74, 6) is -0.321. The van der Waals surface area contributed by atoms with Crippen LogP contribution in [0.5, 0.6) is 0 Å². The van der Waals surface area contributed by atoms with Gasteiger partial charge in [0.2, 0.25) is 5.91 Å². The number of rotatable bonds is 11. The van der Waals surface area contributed by atoms with E-state index in [9.17, 15) is 4.79 Å². The molecule has 0 rings (SSSR count). The molecular formula is C10H21NO4. The van der Waals surface area contributed by atoms with Gasteiger partial charge in [-0.1, -0.05) is 0 Å². The van der Waals surface area contributed by atoms with E-state index in [4.69, 9.17) is 19.9 Å². The highest BCUT2D eigenvalue weighted by Gasteiger charge is 1.94. The summed E-state index contributed by atoms with van der Waals surface area (Å²) in [4.78, 5) is 10.3. The van der Waals surface area contributed by atoms with Gasteiger partial charge in [-0.2, -0.15) is 0 Å². The third kappa shape index (κ3) is 13.3. The highest BCUT2D eigenvalue weighted by atomic mass is 16.5. The van der Waals surface area contributed by atoms with Gasteiger partial charge in [0.15, 0.2) is 0 Å². The predicted octanol–water partition coefficient (Wildman–Crippen LogP) is 0.322. The fourth-order valence-electron chi connectivity index (χ4n) is 0.927. The van der Waals surface area contributed by atoms with Gasteiger partial charge in [0, 0.05) is 26.7 Å². The van der Waals surface area contributed by atoms with Gasteiger partial charge < -0.3 is 19.9 Å². The van der Waals surface area contributed by atoms with Gasteiger partial charge in [0.05, 0.1) is 19.8 Å². The number of primary amides is 1. The number of methoxy groups -OCH3 is 1. The summed E-state index contributed by atoms with van der Waals surface area (Å²) in [6, 6.07) is 0. The Kier molecular flexibility index (Phi) is 10.9. The van der Waals surface area contributed by atoms with Crippen molar-refractivity contribution in [2.24, 2.45) is 5.73 Å². The van der Waals surface area contributed by atoms with Crippen molar-refractivity contribution in [3.8, 4) is 0 Å². The molecule has 0 aromatic rings. The number of amides is 1. The van der Waals surface area contributed by atoms with Crippen LogP contribution in [0.25, 0.3) is 0 Å². The van der Waals surface area contributed by atoms with Crippen LogP contribution in [-0.4, -0.2) is 46.1 Å². The third-order valence-corrected chi connectivity index (χ3v) is 1.75. The summed E-state index contributed by atoms with van der Waals surface area (Å²) < 4.78 is 15.3. The number of carbonyl (C=O) groups is 1. The lowest BCUT2D eigenvalue weighted by molar-refractivity contribution is -0.119. The average molecular weight is 219 g/mol. The molecule has 0 bridgehead atoms. The van der Waals surface area contributed by atoms with Crippen LogP contribution < -0.4 is 5.73 Å². The molecule has 0 aromatic carbocycles. The second kappa shape index (κ2) is 11.4. The number of hydrogen-bond donors (Lipinski definition) is 1. The van der Waals surface area contributed by atoms with Crippen LogP contribution in [0.1, 0.15) is 19.3 Å². The summed E-state index contributed by atoms with van der Waals surface area (Å²) in [5.41, 5.74) is 4.95. The zero-order chi connectivity index (χ0) is 11.4. The largest absolute Gasteiger partial charge is 0.382 e. The second-order valence-electron chi connectivity index (χ2n) is 3.14. The van der Waals surface area contributed by atoms with Crippen molar-refractivity contribution in [1.82, 2.24) is 0 Å². The lowest BCUT2D eigenvalue weighted by Gasteiger charge is -2.04. The van der Waals surface area contributed by atoms with E-state index >= 15 is 0 Å². The first kappa shape index (κ1) is 14.3. The highest BCUT2D eigenvalue weighted by Crippen LogP contribution is 1.92. The first-order chi connectivity index (χ1) is 7.27. The summed E-state index contributed by atoms with van der Waals surface area (Å²) in [5, 5.41) is 0. The smallest absolute Gasteiger partial charge is 0.219 e. The molecule has 5 nitrogen and oxygen atoms in total. The minimum Gasteiger partial charge on any atom is -0.382 e. The van der Waals surface area contributed by atoms with E-state index in [2.05, 4.69) is 0 Å². The van der Waals surface area contributed by atoms with Crippen molar-refractivity contribution < 1.29 is 19.0 Å². The van der Waals surface area contributed by atoms with Gasteiger partial charge >= 0.3 is 0 Å². The molecule has 0 atom stereocenters. The molecular weight excluding hydrogens is 198 g/mol. The monoisotopic (exact) mass is 219 g/mol. The summed E-state index contributed by atoms with van der Waals surface area (Å²) in [7, 11) is 1.65. The van der Waals surface area contributed by atoms with Gasteiger partial charge in [-0.25, -0.2) is 0 Å². The van der Waals surface area contributed by atoms with E-state index < -0.39 is 0 Å². The fraction of sp³-hybridized carbons (Fsp3) is 0.900. The van der Waals surface area contributed by atoms with Gasteiger partial charge in [-0.3, -0.25) is 4.79 Å². The highest BCUT2D eigenvalue weighted by molar-refractivity contribution is 5.73. The Labute approximate surface area is 90.9 Å². The Morgan fingerprint density at radius 1 is 1.00 bits per heavy atom. The maximum absolute atomic E-state index is 10.3. The van der Waals surface area contributed by atoms with Crippen LogP contribution in [0.4, 0.5) is 0 Å². The Hall–Kier alpha value is -0.650. The number of carbonyl (C=O) groups excluding carboxylic acids is 1. The molecule has 0 saturated carbocycles. The summed E-state index contributed by atoms with van der Waals surface area (Å²) >= 11 is 0. The molecule has 15 heavy (non-hydrogen) atoms. The number of nitrogens with two attached hydrogens (primary N) is 1. The Morgan fingerprint density at radius 2 is 1.60 bits per heavy atom. The van der Waals surface area contributed by atoms with Gasteiger partial charge in [-0.05, 0) is 12.8 Å². The molecule has 1 amide bonds. The molecule has 0 aliphatic carbocycles. The topological polar surface area (TPSA) is 70.8 Å². The van der Waals surface area contributed by atoms with Crippen molar-refractivity contribution in [3.05, 3.63) is 0 Å².